The molecule has 0 spiro atoms. The predicted molar refractivity (Wildman–Crippen MR) is 102 cm³/mol. The molecule has 1 N–H and O–H groups in total. The molecule has 1 atom stereocenters. The fraction of sp³-hybridized carbons (Fsp3) is 0.474. The van der Waals surface area contributed by atoms with Gasteiger partial charge < -0.3 is 19.9 Å². The van der Waals surface area contributed by atoms with Crippen LogP contribution >= 0.6 is 0 Å². The molecule has 2 aliphatic heterocycles. The lowest BCUT2D eigenvalue weighted by molar-refractivity contribution is -0.141. The van der Waals surface area contributed by atoms with E-state index in [1.54, 1.807) is 6.20 Å². The maximum atomic E-state index is 12.4. The third-order valence-corrected chi connectivity index (χ3v) is 4.94. The van der Waals surface area contributed by atoms with Gasteiger partial charge in [0.25, 0.3) is 5.91 Å². The highest BCUT2D eigenvalue weighted by molar-refractivity contribution is 5.81. The van der Waals surface area contributed by atoms with E-state index in [4.69, 9.17) is 4.74 Å². The van der Waals surface area contributed by atoms with Crippen LogP contribution in [0.25, 0.3) is 0 Å². The van der Waals surface area contributed by atoms with Crippen molar-refractivity contribution in [2.24, 2.45) is 0 Å². The zero-order chi connectivity index (χ0) is 18.6. The number of pyridine rings is 1. The van der Waals surface area contributed by atoms with Gasteiger partial charge in [-0.3, -0.25) is 4.79 Å². The molecular weight excluding hydrogens is 344 g/mol. The van der Waals surface area contributed by atoms with Gasteiger partial charge in [0.15, 0.2) is 11.6 Å². The molecule has 4 rings (SSSR count). The summed E-state index contributed by atoms with van der Waals surface area (Å²) in [6.45, 7) is 5.59. The monoisotopic (exact) mass is 368 g/mol. The summed E-state index contributed by atoms with van der Waals surface area (Å²) in [7, 11) is 0. The number of piperazine rings is 1. The summed E-state index contributed by atoms with van der Waals surface area (Å²) in [5.41, 5.74) is 1.13. The van der Waals surface area contributed by atoms with E-state index in [-0.39, 0.29) is 12.0 Å². The van der Waals surface area contributed by atoms with Crippen LogP contribution < -0.4 is 10.2 Å². The summed E-state index contributed by atoms with van der Waals surface area (Å²) >= 11 is 0. The van der Waals surface area contributed by atoms with Gasteiger partial charge in [0.2, 0.25) is 0 Å². The predicted octanol–water partition coefficient (Wildman–Crippen LogP) is 1.75. The molecule has 142 valence electrons. The first-order valence-corrected chi connectivity index (χ1v) is 9.38. The van der Waals surface area contributed by atoms with Gasteiger partial charge >= 0.3 is 0 Å². The molecule has 0 bridgehead atoms. The van der Waals surface area contributed by atoms with E-state index < -0.39 is 0 Å². The van der Waals surface area contributed by atoms with Crippen molar-refractivity contribution in [3.05, 3.63) is 36.0 Å². The number of rotatable bonds is 4. The Morgan fingerprint density at radius 2 is 2.00 bits per heavy atom. The zero-order valence-electron chi connectivity index (χ0n) is 15.5. The van der Waals surface area contributed by atoms with Gasteiger partial charge in [0.1, 0.15) is 11.9 Å². The Hall–Kier alpha value is -2.74. The highest BCUT2D eigenvalue weighted by atomic mass is 16.5. The van der Waals surface area contributed by atoms with E-state index >= 15 is 0 Å². The number of nitrogens with zero attached hydrogens (tertiary/aromatic N) is 5. The van der Waals surface area contributed by atoms with Gasteiger partial charge in [-0.2, -0.15) is 0 Å². The van der Waals surface area contributed by atoms with Crippen molar-refractivity contribution in [3.8, 4) is 0 Å². The van der Waals surface area contributed by atoms with Gasteiger partial charge in [-0.25, -0.2) is 4.98 Å². The lowest BCUT2D eigenvalue weighted by Crippen LogP contribution is -2.51. The molecule has 2 saturated heterocycles. The molecule has 2 aliphatic rings. The van der Waals surface area contributed by atoms with Gasteiger partial charge in [0, 0.05) is 39.0 Å². The molecular formula is C19H24N6O2. The van der Waals surface area contributed by atoms with E-state index in [1.165, 1.54) is 0 Å². The second-order valence-electron chi connectivity index (χ2n) is 6.93. The number of aromatic nitrogens is 3. The van der Waals surface area contributed by atoms with E-state index in [9.17, 15) is 4.79 Å². The summed E-state index contributed by atoms with van der Waals surface area (Å²) in [6.07, 6.45) is 3.34. The van der Waals surface area contributed by atoms with Crippen LogP contribution in [0.1, 0.15) is 18.4 Å². The minimum absolute atomic E-state index is 0.128. The summed E-state index contributed by atoms with van der Waals surface area (Å²) < 4.78 is 5.51. The molecule has 8 heteroatoms. The van der Waals surface area contributed by atoms with Crippen LogP contribution in [0.4, 0.5) is 17.5 Å². The first kappa shape index (κ1) is 17.7. The molecule has 1 unspecified atom stereocenters. The highest BCUT2D eigenvalue weighted by Crippen LogP contribution is 2.19. The van der Waals surface area contributed by atoms with Crippen molar-refractivity contribution >= 4 is 23.4 Å². The molecule has 2 aromatic heterocycles. The molecule has 8 nitrogen and oxygen atoms in total. The van der Waals surface area contributed by atoms with Crippen molar-refractivity contribution < 1.29 is 9.53 Å². The Balaban J connectivity index is 1.32. The van der Waals surface area contributed by atoms with Crippen LogP contribution in [0.2, 0.25) is 0 Å². The zero-order valence-corrected chi connectivity index (χ0v) is 15.5. The van der Waals surface area contributed by atoms with E-state index in [0.29, 0.717) is 25.5 Å². The van der Waals surface area contributed by atoms with E-state index in [1.807, 2.05) is 36.1 Å². The quantitative estimate of drug-likeness (QED) is 0.880. The van der Waals surface area contributed by atoms with Gasteiger partial charge in [-0.05, 0) is 49.6 Å². The number of hydrogen-bond donors (Lipinski definition) is 1. The second-order valence-corrected chi connectivity index (χ2v) is 6.93. The van der Waals surface area contributed by atoms with Crippen LogP contribution in [0, 0.1) is 6.92 Å². The number of carbonyl (C=O) groups excluding carboxylic acids is 1. The SMILES string of the molecule is Cc1ccnc(Nc2ccc(N3CCN(C(=O)C4CCCO4)CC3)nn2)c1. The van der Waals surface area contributed by atoms with E-state index in [2.05, 4.69) is 25.4 Å². The Bertz CT molecular complexity index is 783. The van der Waals surface area contributed by atoms with E-state index in [0.717, 1.165) is 43.1 Å². The lowest BCUT2D eigenvalue weighted by atomic mass is 10.2. The summed E-state index contributed by atoms with van der Waals surface area (Å²) in [6, 6.07) is 7.75. The standard InChI is InChI=1S/C19H24N6O2/c1-14-6-7-20-17(13-14)21-16-4-5-18(23-22-16)24-8-10-25(11-9-24)19(26)15-3-2-12-27-15/h4-7,13,15H,2-3,8-12H2,1H3,(H,20,21,22). The van der Waals surface area contributed by atoms with Crippen molar-refractivity contribution in [2.75, 3.05) is 43.0 Å². The van der Waals surface area contributed by atoms with Gasteiger partial charge in [-0.15, -0.1) is 10.2 Å². The first-order chi connectivity index (χ1) is 13.2. The minimum atomic E-state index is -0.239. The van der Waals surface area contributed by atoms with Crippen molar-refractivity contribution in [2.45, 2.75) is 25.9 Å². The normalized spacial score (nSPS) is 20.0. The van der Waals surface area contributed by atoms with Crippen molar-refractivity contribution in [3.63, 3.8) is 0 Å². The molecule has 0 radical (unpaired) electrons. The fourth-order valence-corrected chi connectivity index (χ4v) is 3.43. The van der Waals surface area contributed by atoms with Crippen LogP contribution in [-0.4, -0.2) is 64.9 Å². The molecule has 1 amide bonds. The number of amides is 1. The summed E-state index contributed by atoms with van der Waals surface area (Å²) in [5.74, 6) is 2.35. The Kier molecular flexibility index (Phi) is 5.15. The average molecular weight is 368 g/mol. The number of hydrogen-bond acceptors (Lipinski definition) is 7. The number of ether oxygens (including phenoxy) is 1. The van der Waals surface area contributed by atoms with Crippen LogP contribution in [0.5, 0.6) is 0 Å². The molecule has 0 aromatic carbocycles. The minimum Gasteiger partial charge on any atom is -0.368 e. The smallest absolute Gasteiger partial charge is 0.251 e. The van der Waals surface area contributed by atoms with Gasteiger partial charge in [-0.1, -0.05) is 0 Å². The molecule has 4 heterocycles. The van der Waals surface area contributed by atoms with Crippen LogP contribution in [-0.2, 0) is 9.53 Å². The number of carbonyl (C=O) groups is 1. The molecule has 27 heavy (non-hydrogen) atoms. The third kappa shape index (κ3) is 4.16. The topological polar surface area (TPSA) is 83.5 Å². The Morgan fingerprint density at radius 3 is 2.67 bits per heavy atom. The molecule has 2 fully saturated rings. The van der Waals surface area contributed by atoms with Crippen molar-refractivity contribution in [1.29, 1.82) is 0 Å². The van der Waals surface area contributed by atoms with Crippen molar-refractivity contribution in [1.82, 2.24) is 20.1 Å². The number of aryl methyl sites for hydroxylation is 1. The maximum absolute atomic E-state index is 12.4. The fourth-order valence-electron chi connectivity index (χ4n) is 3.43. The lowest BCUT2D eigenvalue weighted by Gasteiger charge is -2.36. The average Bonchev–Trinajstić information content (AvgIpc) is 3.23. The molecule has 2 aromatic rings. The number of nitrogens with one attached hydrogen (secondary N) is 1. The third-order valence-electron chi connectivity index (χ3n) is 4.94. The van der Waals surface area contributed by atoms with Crippen LogP contribution in [0.15, 0.2) is 30.5 Å². The Labute approximate surface area is 158 Å². The highest BCUT2D eigenvalue weighted by Gasteiger charge is 2.30. The van der Waals surface area contributed by atoms with Crippen LogP contribution in [0.3, 0.4) is 0 Å². The summed E-state index contributed by atoms with van der Waals surface area (Å²) in [4.78, 5) is 20.7. The first-order valence-electron chi connectivity index (χ1n) is 9.38. The Morgan fingerprint density at radius 1 is 1.15 bits per heavy atom. The molecule has 0 saturated carbocycles. The second kappa shape index (κ2) is 7.87. The number of anilines is 3. The molecule has 0 aliphatic carbocycles. The van der Waals surface area contributed by atoms with Gasteiger partial charge in [0.05, 0.1) is 0 Å². The summed E-state index contributed by atoms with van der Waals surface area (Å²) in [5, 5.41) is 11.7. The largest absolute Gasteiger partial charge is 0.368 e. The maximum Gasteiger partial charge on any atom is 0.251 e.